The number of aryl methyl sites for hydroxylation is 1. The molecule has 90 valence electrons. The predicted octanol–water partition coefficient (Wildman–Crippen LogP) is 2.39. The summed E-state index contributed by atoms with van der Waals surface area (Å²) in [5.74, 6) is 2.00. The third-order valence-electron chi connectivity index (χ3n) is 3.20. The average molecular weight is 249 g/mol. The van der Waals surface area contributed by atoms with E-state index in [-0.39, 0.29) is 6.04 Å². The molecular formula is C12H15N3OS. The van der Waals surface area contributed by atoms with Gasteiger partial charge in [0.15, 0.2) is 0 Å². The van der Waals surface area contributed by atoms with Crippen LogP contribution in [-0.2, 0) is 6.42 Å². The van der Waals surface area contributed by atoms with Crippen molar-refractivity contribution in [1.29, 1.82) is 0 Å². The van der Waals surface area contributed by atoms with Crippen LogP contribution in [0.1, 0.15) is 24.3 Å². The SMILES string of the molecule is Cc1cscc1-c1noc(CC(N)C2CC2)n1. The summed E-state index contributed by atoms with van der Waals surface area (Å²) in [6, 6.07) is 0.173. The maximum Gasteiger partial charge on any atom is 0.228 e. The van der Waals surface area contributed by atoms with Gasteiger partial charge in [-0.2, -0.15) is 16.3 Å². The second kappa shape index (κ2) is 4.23. The van der Waals surface area contributed by atoms with E-state index in [1.807, 2.05) is 5.38 Å². The van der Waals surface area contributed by atoms with Gasteiger partial charge in [-0.25, -0.2) is 0 Å². The molecule has 1 aliphatic rings. The monoisotopic (exact) mass is 249 g/mol. The number of hydrogen-bond donors (Lipinski definition) is 1. The van der Waals surface area contributed by atoms with E-state index in [1.165, 1.54) is 18.4 Å². The van der Waals surface area contributed by atoms with Crippen molar-refractivity contribution in [2.75, 3.05) is 0 Å². The minimum Gasteiger partial charge on any atom is -0.339 e. The Morgan fingerprint density at radius 2 is 2.35 bits per heavy atom. The van der Waals surface area contributed by atoms with Gasteiger partial charge in [-0.1, -0.05) is 5.16 Å². The van der Waals surface area contributed by atoms with Crippen LogP contribution in [-0.4, -0.2) is 16.2 Å². The highest BCUT2D eigenvalue weighted by atomic mass is 32.1. The summed E-state index contributed by atoms with van der Waals surface area (Å²) in [6.45, 7) is 2.05. The van der Waals surface area contributed by atoms with Gasteiger partial charge < -0.3 is 10.3 Å². The summed E-state index contributed by atoms with van der Waals surface area (Å²) in [5, 5.41) is 8.15. The third-order valence-corrected chi connectivity index (χ3v) is 4.06. The number of nitrogens with zero attached hydrogens (tertiary/aromatic N) is 2. The molecular weight excluding hydrogens is 234 g/mol. The second-order valence-corrected chi connectivity index (χ2v) is 5.43. The molecule has 0 radical (unpaired) electrons. The Morgan fingerprint density at radius 3 is 3.00 bits per heavy atom. The van der Waals surface area contributed by atoms with Crippen LogP contribution in [0.3, 0.4) is 0 Å². The molecule has 0 amide bonds. The molecule has 1 aliphatic carbocycles. The minimum absolute atomic E-state index is 0.173. The lowest BCUT2D eigenvalue weighted by atomic mass is 10.1. The molecule has 2 aromatic rings. The quantitative estimate of drug-likeness (QED) is 0.903. The van der Waals surface area contributed by atoms with Crippen molar-refractivity contribution < 1.29 is 4.52 Å². The first-order valence-electron chi connectivity index (χ1n) is 5.85. The molecule has 2 aromatic heterocycles. The smallest absolute Gasteiger partial charge is 0.228 e. The summed E-state index contributed by atoms with van der Waals surface area (Å²) in [7, 11) is 0. The van der Waals surface area contributed by atoms with E-state index < -0.39 is 0 Å². The van der Waals surface area contributed by atoms with Gasteiger partial charge in [-0.15, -0.1) is 0 Å². The van der Waals surface area contributed by atoms with E-state index in [2.05, 4.69) is 22.4 Å². The Morgan fingerprint density at radius 1 is 1.53 bits per heavy atom. The van der Waals surface area contributed by atoms with Crippen LogP contribution in [0.15, 0.2) is 15.3 Å². The van der Waals surface area contributed by atoms with E-state index in [0.29, 0.717) is 24.1 Å². The number of hydrogen-bond acceptors (Lipinski definition) is 5. The van der Waals surface area contributed by atoms with E-state index in [1.54, 1.807) is 11.3 Å². The molecule has 3 rings (SSSR count). The summed E-state index contributed by atoms with van der Waals surface area (Å²) in [6.07, 6.45) is 3.18. The van der Waals surface area contributed by atoms with Gasteiger partial charge in [0.05, 0.1) is 0 Å². The number of aromatic nitrogens is 2. The normalized spacial score (nSPS) is 17.3. The number of nitrogens with two attached hydrogens (primary N) is 1. The molecule has 2 N–H and O–H groups in total. The van der Waals surface area contributed by atoms with E-state index in [9.17, 15) is 0 Å². The maximum absolute atomic E-state index is 6.04. The van der Waals surface area contributed by atoms with Gasteiger partial charge in [-0.3, -0.25) is 0 Å². The fourth-order valence-electron chi connectivity index (χ4n) is 1.93. The van der Waals surface area contributed by atoms with Crippen molar-refractivity contribution in [3.8, 4) is 11.4 Å². The summed E-state index contributed by atoms with van der Waals surface area (Å²) < 4.78 is 5.26. The summed E-state index contributed by atoms with van der Waals surface area (Å²) >= 11 is 1.65. The van der Waals surface area contributed by atoms with Crippen LogP contribution < -0.4 is 5.73 Å². The zero-order valence-corrected chi connectivity index (χ0v) is 10.5. The molecule has 0 spiro atoms. The van der Waals surface area contributed by atoms with Crippen LogP contribution >= 0.6 is 11.3 Å². The standard InChI is InChI=1S/C12H15N3OS/c1-7-5-17-6-9(7)12-14-11(16-15-12)4-10(13)8-2-3-8/h5-6,8,10H,2-4,13H2,1H3. The minimum atomic E-state index is 0.173. The fourth-order valence-corrected chi connectivity index (χ4v) is 2.76. The average Bonchev–Trinajstić information content (AvgIpc) is 2.93. The highest BCUT2D eigenvalue weighted by Gasteiger charge is 2.29. The van der Waals surface area contributed by atoms with Crippen LogP contribution in [0.25, 0.3) is 11.4 Å². The van der Waals surface area contributed by atoms with Crippen LogP contribution in [0, 0.1) is 12.8 Å². The molecule has 17 heavy (non-hydrogen) atoms. The molecule has 1 atom stereocenters. The van der Waals surface area contributed by atoms with Crippen molar-refractivity contribution in [3.63, 3.8) is 0 Å². The Hall–Kier alpha value is -1.20. The Labute approximate surface area is 104 Å². The Kier molecular flexibility index (Phi) is 2.72. The molecule has 0 saturated heterocycles. The molecule has 1 fully saturated rings. The molecule has 1 unspecified atom stereocenters. The molecule has 0 aromatic carbocycles. The van der Waals surface area contributed by atoms with E-state index in [0.717, 1.165) is 5.56 Å². The van der Waals surface area contributed by atoms with Gasteiger partial charge in [0.25, 0.3) is 0 Å². The highest BCUT2D eigenvalue weighted by Crippen LogP contribution is 2.33. The van der Waals surface area contributed by atoms with Gasteiger partial charge in [0.1, 0.15) is 0 Å². The molecule has 4 nitrogen and oxygen atoms in total. The van der Waals surface area contributed by atoms with Crippen molar-refractivity contribution in [3.05, 3.63) is 22.2 Å². The molecule has 1 saturated carbocycles. The molecule has 0 bridgehead atoms. The first-order valence-corrected chi connectivity index (χ1v) is 6.79. The van der Waals surface area contributed by atoms with Crippen molar-refractivity contribution >= 4 is 11.3 Å². The molecule has 5 heteroatoms. The summed E-state index contributed by atoms with van der Waals surface area (Å²) in [5.41, 5.74) is 8.29. The van der Waals surface area contributed by atoms with Crippen LogP contribution in [0.2, 0.25) is 0 Å². The van der Waals surface area contributed by atoms with Crippen LogP contribution in [0.4, 0.5) is 0 Å². The lowest BCUT2D eigenvalue weighted by Crippen LogP contribution is -2.25. The second-order valence-electron chi connectivity index (χ2n) is 4.69. The van der Waals surface area contributed by atoms with Gasteiger partial charge in [0.2, 0.25) is 11.7 Å². The number of rotatable bonds is 4. The van der Waals surface area contributed by atoms with Crippen molar-refractivity contribution in [2.24, 2.45) is 11.7 Å². The number of thiophene rings is 1. The Bertz CT molecular complexity index is 515. The third kappa shape index (κ3) is 2.25. The van der Waals surface area contributed by atoms with E-state index in [4.69, 9.17) is 10.3 Å². The zero-order valence-electron chi connectivity index (χ0n) is 9.72. The zero-order chi connectivity index (χ0) is 11.8. The van der Waals surface area contributed by atoms with E-state index >= 15 is 0 Å². The maximum atomic E-state index is 6.04. The largest absolute Gasteiger partial charge is 0.339 e. The summed E-state index contributed by atoms with van der Waals surface area (Å²) in [4.78, 5) is 4.41. The van der Waals surface area contributed by atoms with Crippen molar-refractivity contribution in [2.45, 2.75) is 32.2 Å². The lowest BCUT2D eigenvalue weighted by Gasteiger charge is -2.04. The fraction of sp³-hybridized carbons (Fsp3) is 0.500. The Balaban J connectivity index is 1.76. The van der Waals surface area contributed by atoms with Gasteiger partial charge in [-0.05, 0) is 36.6 Å². The first-order chi connectivity index (χ1) is 8.24. The predicted molar refractivity (Wildman–Crippen MR) is 66.8 cm³/mol. The lowest BCUT2D eigenvalue weighted by molar-refractivity contribution is 0.364. The van der Waals surface area contributed by atoms with Gasteiger partial charge in [0, 0.05) is 23.4 Å². The molecule has 2 heterocycles. The van der Waals surface area contributed by atoms with Gasteiger partial charge >= 0.3 is 0 Å². The first kappa shape index (κ1) is 10.9. The molecule has 0 aliphatic heterocycles. The van der Waals surface area contributed by atoms with Crippen LogP contribution in [0.5, 0.6) is 0 Å². The van der Waals surface area contributed by atoms with Crippen molar-refractivity contribution in [1.82, 2.24) is 10.1 Å². The highest BCUT2D eigenvalue weighted by molar-refractivity contribution is 7.08. The topological polar surface area (TPSA) is 64.9 Å².